The molecule has 162 valence electrons. The highest BCUT2D eigenvalue weighted by atomic mass is 32.2. The number of nitrogens with zero attached hydrogens (tertiary/aromatic N) is 1. The predicted molar refractivity (Wildman–Crippen MR) is 111 cm³/mol. The number of benzene rings is 2. The molecule has 0 radical (unpaired) electrons. The molecule has 30 heavy (non-hydrogen) atoms. The maximum Gasteiger partial charge on any atom is 0.415 e. The van der Waals surface area contributed by atoms with E-state index < -0.39 is 10.0 Å². The lowest BCUT2D eigenvalue weighted by Crippen LogP contribution is -2.42. The maximum absolute atomic E-state index is 12.7. The zero-order chi connectivity index (χ0) is 21.6. The third kappa shape index (κ3) is 5.43. The lowest BCUT2D eigenvalue weighted by Gasteiger charge is -2.31. The second-order valence-electron chi connectivity index (χ2n) is 6.98. The molecule has 2 aromatic rings. The van der Waals surface area contributed by atoms with Crippen molar-refractivity contribution in [1.29, 1.82) is 0 Å². The van der Waals surface area contributed by atoms with Gasteiger partial charge in [0.15, 0.2) is 0 Å². The highest BCUT2D eigenvalue weighted by Crippen LogP contribution is 2.28. The average molecular weight is 435 g/mol. The number of piperidine rings is 1. The molecular weight excluding hydrogens is 408 g/mol. The van der Waals surface area contributed by atoms with Crippen LogP contribution in [0.2, 0.25) is 0 Å². The molecule has 1 aliphatic heterocycles. The fourth-order valence-corrected chi connectivity index (χ4v) is 4.54. The number of sulfonamides is 1. The van der Waals surface area contributed by atoms with Crippen LogP contribution in [0, 0.1) is 5.92 Å². The SMILES string of the molecule is COc1ccc(S(=O)(=O)NCC2CCN(C(=O)Oc3ccccc3)CC2)c(OC)c1. The highest BCUT2D eigenvalue weighted by molar-refractivity contribution is 7.89. The van der Waals surface area contributed by atoms with E-state index in [1.807, 2.05) is 6.07 Å². The van der Waals surface area contributed by atoms with Crippen LogP contribution in [0.1, 0.15) is 12.8 Å². The van der Waals surface area contributed by atoms with Crippen LogP contribution in [-0.2, 0) is 10.0 Å². The van der Waals surface area contributed by atoms with Crippen molar-refractivity contribution in [2.45, 2.75) is 17.7 Å². The summed E-state index contributed by atoms with van der Waals surface area (Å²) >= 11 is 0. The number of carbonyl (C=O) groups is 1. The molecule has 0 saturated carbocycles. The summed E-state index contributed by atoms with van der Waals surface area (Å²) in [5, 5.41) is 0. The van der Waals surface area contributed by atoms with Crippen molar-refractivity contribution in [2.24, 2.45) is 5.92 Å². The third-order valence-electron chi connectivity index (χ3n) is 5.04. The Balaban J connectivity index is 1.52. The average Bonchev–Trinajstić information content (AvgIpc) is 2.78. The Kier molecular flexibility index (Phi) is 7.17. The number of ether oxygens (including phenoxy) is 3. The van der Waals surface area contributed by atoms with Crippen LogP contribution in [0.15, 0.2) is 53.4 Å². The molecule has 1 saturated heterocycles. The van der Waals surface area contributed by atoms with Gasteiger partial charge in [-0.25, -0.2) is 17.9 Å². The lowest BCUT2D eigenvalue weighted by molar-refractivity contribution is 0.131. The normalized spacial score (nSPS) is 14.9. The number of para-hydroxylation sites is 1. The first-order valence-corrected chi connectivity index (χ1v) is 11.1. The number of likely N-dealkylation sites (tertiary alicyclic amines) is 1. The number of nitrogens with one attached hydrogen (secondary N) is 1. The third-order valence-corrected chi connectivity index (χ3v) is 6.51. The van der Waals surface area contributed by atoms with Crippen LogP contribution in [0.5, 0.6) is 17.2 Å². The van der Waals surface area contributed by atoms with Gasteiger partial charge in [0.1, 0.15) is 22.1 Å². The Labute approximate surface area is 176 Å². The molecule has 0 aromatic heterocycles. The van der Waals surface area contributed by atoms with E-state index in [0.29, 0.717) is 44.0 Å². The van der Waals surface area contributed by atoms with Gasteiger partial charge >= 0.3 is 6.09 Å². The van der Waals surface area contributed by atoms with Crippen molar-refractivity contribution >= 4 is 16.1 Å². The van der Waals surface area contributed by atoms with Gasteiger partial charge in [-0.05, 0) is 43.0 Å². The zero-order valence-corrected chi connectivity index (χ0v) is 17.9. The molecule has 1 amide bonds. The highest BCUT2D eigenvalue weighted by Gasteiger charge is 2.26. The number of hydrogen-bond acceptors (Lipinski definition) is 6. The summed E-state index contributed by atoms with van der Waals surface area (Å²) in [5.41, 5.74) is 0. The van der Waals surface area contributed by atoms with E-state index in [4.69, 9.17) is 14.2 Å². The van der Waals surface area contributed by atoms with Crippen LogP contribution >= 0.6 is 0 Å². The molecule has 0 aliphatic carbocycles. The fraction of sp³-hybridized carbons (Fsp3) is 0.381. The van der Waals surface area contributed by atoms with Crippen LogP contribution in [0.3, 0.4) is 0 Å². The van der Waals surface area contributed by atoms with Gasteiger partial charge in [-0.3, -0.25) is 0 Å². The minimum atomic E-state index is -3.73. The zero-order valence-electron chi connectivity index (χ0n) is 17.0. The first-order chi connectivity index (χ1) is 14.4. The molecule has 0 unspecified atom stereocenters. The number of carbonyl (C=O) groups excluding carboxylic acids is 1. The number of rotatable bonds is 7. The summed E-state index contributed by atoms with van der Waals surface area (Å²) in [7, 11) is -0.816. The Morgan fingerprint density at radius 3 is 2.37 bits per heavy atom. The standard InChI is InChI=1S/C21H26N2O6S/c1-27-18-8-9-20(19(14-18)28-2)30(25,26)22-15-16-10-12-23(13-11-16)21(24)29-17-6-4-3-5-7-17/h3-9,14,16,22H,10-13,15H2,1-2H3. The summed E-state index contributed by atoms with van der Waals surface area (Å²) in [4.78, 5) is 14.0. The Morgan fingerprint density at radius 2 is 1.73 bits per heavy atom. The molecule has 2 aromatic carbocycles. The van der Waals surface area contributed by atoms with Crippen LogP contribution in [0.4, 0.5) is 4.79 Å². The van der Waals surface area contributed by atoms with Gasteiger partial charge in [-0.2, -0.15) is 0 Å². The second-order valence-corrected chi connectivity index (χ2v) is 8.72. The van der Waals surface area contributed by atoms with Crippen molar-refractivity contribution < 1.29 is 27.4 Å². The van der Waals surface area contributed by atoms with Crippen molar-refractivity contribution in [3.05, 3.63) is 48.5 Å². The molecular formula is C21H26N2O6S. The predicted octanol–water partition coefficient (Wildman–Crippen LogP) is 2.89. The van der Waals surface area contributed by atoms with Gasteiger partial charge in [-0.1, -0.05) is 18.2 Å². The minimum Gasteiger partial charge on any atom is -0.497 e. The molecule has 3 rings (SSSR count). The lowest BCUT2D eigenvalue weighted by atomic mass is 9.97. The number of hydrogen-bond donors (Lipinski definition) is 1. The van der Waals surface area contributed by atoms with Crippen LogP contribution in [0.25, 0.3) is 0 Å². The molecule has 1 fully saturated rings. The van der Waals surface area contributed by atoms with Gasteiger partial charge in [-0.15, -0.1) is 0 Å². The van der Waals surface area contributed by atoms with Crippen molar-refractivity contribution in [3.8, 4) is 17.2 Å². The molecule has 0 bridgehead atoms. The first-order valence-electron chi connectivity index (χ1n) is 9.66. The molecule has 0 atom stereocenters. The molecule has 1 aliphatic rings. The van der Waals surface area contributed by atoms with Gasteiger partial charge in [0, 0.05) is 25.7 Å². The molecule has 0 spiro atoms. The molecule has 1 heterocycles. The van der Waals surface area contributed by atoms with Crippen molar-refractivity contribution in [3.63, 3.8) is 0 Å². The number of methoxy groups -OCH3 is 2. The molecule has 1 N–H and O–H groups in total. The Bertz CT molecular complexity index is 957. The Morgan fingerprint density at radius 1 is 1.03 bits per heavy atom. The monoisotopic (exact) mass is 434 g/mol. The number of amides is 1. The van der Waals surface area contributed by atoms with E-state index in [1.165, 1.54) is 26.4 Å². The summed E-state index contributed by atoms with van der Waals surface area (Å²) in [6, 6.07) is 13.5. The maximum atomic E-state index is 12.7. The van der Waals surface area contributed by atoms with Gasteiger partial charge in [0.05, 0.1) is 14.2 Å². The van der Waals surface area contributed by atoms with Gasteiger partial charge in [0.25, 0.3) is 0 Å². The Hall–Kier alpha value is -2.78. The second kappa shape index (κ2) is 9.82. The summed E-state index contributed by atoms with van der Waals surface area (Å²) in [5.74, 6) is 1.37. The van der Waals surface area contributed by atoms with E-state index >= 15 is 0 Å². The van der Waals surface area contributed by atoms with E-state index in [9.17, 15) is 13.2 Å². The van der Waals surface area contributed by atoms with Crippen LogP contribution in [-0.4, -0.2) is 53.3 Å². The van der Waals surface area contributed by atoms with E-state index in [2.05, 4.69) is 4.72 Å². The minimum absolute atomic E-state index is 0.0645. The fourth-order valence-electron chi connectivity index (χ4n) is 3.28. The summed E-state index contributed by atoms with van der Waals surface area (Å²) in [6.45, 7) is 1.33. The van der Waals surface area contributed by atoms with Crippen LogP contribution < -0.4 is 18.9 Å². The molecule has 9 heteroatoms. The van der Waals surface area contributed by atoms with Crippen molar-refractivity contribution in [2.75, 3.05) is 33.9 Å². The van der Waals surface area contributed by atoms with Gasteiger partial charge in [0.2, 0.25) is 10.0 Å². The summed E-state index contributed by atoms with van der Waals surface area (Å²) in [6.07, 6.45) is 0.987. The summed E-state index contributed by atoms with van der Waals surface area (Å²) < 4.78 is 43.7. The van der Waals surface area contributed by atoms with Crippen molar-refractivity contribution in [1.82, 2.24) is 9.62 Å². The molecule has 8 nitrogen and oxygen atoms in total. The van der Waals surface area contributed by atoms with Gasteiger partial charge < -0.3 is 19.1 Å². The quantitative estimate of drug-likeness (QED) is 0.720. The van der Waals surface area contributed by atoms with E-state index in [1.54, 1.807) is 35.2 Å². The van der Waals surface area contributed by atoms with E-state index in [0.717, 1.165) is 0 Å². The largest absolute Gasteiger partial charge is 0.497 e. The smallest absolute Gasteiger partial charge is 0.415 e. The topological polar surface area (TPSA) is 94.2 Å². The van der Waals surface area contributed by atoms with E-state index in [-0.39, 0.29) is 22.7 Å². The first kappa shape index (κ1) is 21.9.